The highest BCUT2D eigenvalue weighted by atomic mass is 32.2. The van der Waals surface area contributed by atoms with Crippen molar-refractivity contribution in [3.8, 4) is 0 Å². The third-order valence-corrected chi connectivity index (χ3v) is 5.33. The molecule has 0 aliphatic rings. The maximum absolute atomic E-state index is 14.6. The van der Waals surface area contributed by atoms with Crippen LogP contribution in [0.25, 0.3) is 0 Å². The van der Waals surface area contributed by atoms with Gasteiger partial charge >= 0.3 is 24.0 Å². The summed E-state index contributed by atoms with van der Waals surface area (Å²) in [6, 6.07) is 0.858. The number of hydrogen-bond donors (Lipinski definition) is 1. The lowest BCUT2D eigenvalue weighted by Crippen LogP contribution is -2.50. The van der Waals surface area contributed by atoms with E-state index in [9.17, 15) is 40.6 Å². The van der Waals surface area contributed by atoms with Gasteiger partial charge in [0, 0.05) is 15.7 Å². The van der Waals surface area contributed by atoms with E-state index in [1.165, 1.54) is 6.92 Å². The number of halogens is 7. The third kappa shape index (κ3) is 3.94. The average Bonchev–Trinajstić information content (AvgIpc) is 2.50. The molecular formula is C16H17F7O2S. The Balaban J connectivity index is 3.92. The molecule has 0 bridgehead atoms. The number of carboxylic acid groups (broad SMARTS) is 1. The lowest BCUT2D eigenvalue weighted by atomic mass is 9.90. The number of aromatic carboxylic acids is 1. The predicted molar refractivity (Wildman–Crippen MR) is 83.3 cm³/mol. The second kappa shape index (κ2) is 7.66. The van der Waals surface area contributed by atoms with E-state index in [2.05, 4.69) is 0 Å². The molecule has 10 heteroatoms. The van der Waals surface area contributed by atoms with Crippen LogP contribution in [0.3, 0.4) is 0 Å². The van der Waals surface area contributed by atoms with Gasteiger partial charge in [0.15, 0.2) is 0 Å². The molecule has 1 N–H and O–H groups in total. The molecule has 0 aliphatic heterocycles. The van der Waals surface area contributed by atoms with Gasteiger partial charge in [-0.05, 0) is 24.5 Å². The van der Waals surface area contributed by atoms with Crippen molar-refractivity contribution in [2.24, 2.45) is 0 Å². The summed E-state index contributed by atoms with van der Waals surface area (Å²) < 4.78 is 93.5. The number of carboxylic acids is 1. The molecule has 0 amide bonds. The first-order chi connectivity index (χ1) is 11.7. The van der Waals surface area contributed by atoms with E-state index in [-0.39, 0.29) is 18.1 Å². The SMILES string of the molecule is CCc1c(C(=O)O)ccc(C(F)(C(F)(F)F)C(F)(F)F)c1SC(C)CC. The summed E-state index contributed by atoms with van der Waals surface area (Å²) in [6.45, 7) is 4.58. The van der Waals surface area contributed by atoms with Crippen LogP contribution in [0.1, 0.15) is 48.7 Å². The van der Waals surface area contributed by atoms with Crippen LogP contribution in [-0.4, -0.2) is 28.7 Å². The molecule has 1 aromatic carbocycles. The summed E-state index contributed by atoms with van der Waals surface area (Å²) in [6.07, 6.45) is -12.3. The molecule has 26 heavy (non-hydrogen) atoms. The van der Waals surface area contributed by atoms with Crippen molar-refractivity contribution in [1.29, 1.82) is 0 Å². The maximum Gasteiger partial charge on any atom is 0.435 e. The molecule has 0 saturated heterocycles. The van der Waals surface area contributed by atoms with Crippen LogP contribution in [-0.2, 0) is 12.1 Å². The van der Waals surface area contributed by atoms with Gasteiger partial charge in [-0.1, -0.05) is 26.8 Å². The molecule has 148 valence electrons. The summed E-state index contributed by atoms with van der Waals surface area (Å²) in [4.78, 5) is 10.7. The summed E-state index contributed by atoms with van der Waals surface area (Å²) >= 11 is 0.609. The van der Waals surface area contributed by atoms with E-state index in [1.54, 1.807) is 13.8 Å². The zero-order chi connectivity index (χ0) is 20.5. The highest BCUT2D eigenvalue weighted by molar-refractivity contribution is 8.00. The van der Waals surface area contributed by atoms with Gasteiger partial charge in [0.1, 0.15) is 0 Å². The summed E-state index contributed by atoms with van der Waals surface area (Å²) in [5.41, 5.74) is -7.93. The average molecular weight is 406 g/mol. The molecule has 0 fully saturated rings. The summed E-state index contributed by atoms with van der Waals surface area (Å²) in [5.74, 6) is -1.51. The van der Waals surface area contributed by atoms with Gasteiger partial charge in [0.25, 0.3) is 0 Å². The number of alkyl halides is 7. The smallest absolute Gasteiger partial charge is 0.435 e. The number of thioether (sulfide) groups is 1. The molecule has 0 aromatic heterocycles. The molecule has 1 unspecified atom stereocenters. The van der Waals surface area contributed by atoms with Gasteiger partial charge in [0.2, 0.25) is 0 Å². The predicted octanol–water partition coefficient (Wildman–Crippen LogP) is 6.13. The van der Waals surface area contributed by atoms with Crippen molar-refractivity contribution in [2.45, 2.75) is 61.8 Å². The second-order valence-corrected chi connectivity index (χ2v) is 7.07. The Morgan fingerprint density at radius 2 is 1.58 bits per heavy atom. The maximum atomic E-state index is 14.6. The van der Waals surface area contributed by atoms with E-state index in [1.807, 2.05) is 0 Å². The van der Waals surface area contributed by atoms with Gasteiger partial charge in [-0.2, -0.15) is 26.3 Å². The normalized spacial score (nSPS) is 14.4. The number of hydrogen-bond acceptors (Lipinski definition) is 2. The Morgan fingerprint density at radius 1 is 1.08 bits per heavy atom. The van der Waals surface area contributed by atoms with Gasteiger partial charge in [-0.3, -0.25) is 0 Å². The first kappa shape index (κ1) is 22.6. The molecule has 0 aliphatic carbocycles. The van der Waals surface area contributed by atoms with Crippen molar-refractivity contribution >= 4 is 17.7 Å². The zero-order valence-electron chi connectivity index (χ0n) is 14.1. The number of benzene rings is 1. The van der Waals surface area contributed by atoms with E-state index >= 15 is 0 Å². The highest BCUT2D eigenvalue weighted by Crippen LogP contribution is 2.56. The van der Waals surface area contributed by atoms with E-state index in [4.69, 9.17) is 0 Å². The highest BCUT2D eigenvalue weighted by Gasteiger charge is 2.74. The van der Waals surface area contributed by atoms with Crippen LogP contribution in [0.4, 0.5) is 30.7 Å². The summed E-state index contributed by atoms with van der Waals surface area (Å²) in [5, 5.41) is 8.73. The Hall–Kier alpha value is -1.45. The minimum atomic E-state index is -6.26. The minimum absolute atomic E-state index is 0.167. The monoisotopic (exact) mass is 406 g/mol. The van der Waals surface area contributed by atoms with Crippen LogP contribution in [0.15, 0.2) is 17.0 Å². The van der Waals surface area contributed by atoms with Crippen LogP contribution in [0, 0.1) is 0 Å². The molecule has 1 rings (SSSR count). The fourth-order valence-electron chi connectivity index (χ4n) is 2.34. The Bertz CT molecular complexity index is 654. The molecule has 0 spiro atoms. The van der Waals surface area contributed by atoms with E-state index in [0.717, 1.165) is 0 Å². The molecule has 0 heterocycles. The van der Waals surface area contributed by atoms with Crippen LogP contribution in [0.2, 0.25) is 0 Å². The Labute approximate surface area is 149 Å². The zero-order valence-corrected chi connectivity index (χ0v) is 14.9. The lowest BCUT2D eigenvalue weighted by Gasteiger charge is -2.33. The van der Waals surface area contributed by atoms with Gasteiger partial charge in [-0.15, -0.1) is 11.8 Å². The first-order valence-electron chi connectivity index (χ1n) is 7.60. The molecule has 0 saturated carbocycles. The van der Waals surface area contributed by atoms with Crippen molar-refractivity contribution in [2.75, 3.05) is 0 Å². The standard InChI is InChI=1S/C16H17F7O2S/c1-4-8(3)26-12-9(5-2)10(13(24)25)6-7-11(12)14(17,15(18,19)20)16(21,22)23/h6-8H,4-5H2,1-3H3,(H,24,25). The molecule has 1 atom stereocenters. The summed E-state index contributed by atoms with van der Waals surface area (Å²) in [7, 11) is 0. The first-order valence-corrected chi connectivity index (χ1v) is 8.48. The number of carbonyl (C=O) groups is 1. The van der Waals surface area contributed by atoms with Crippen molar-refractivity contribution in [3.63, 3.8) is 0 Å². The van der Waals surface area contributed by atoms with E-state index in [0.29, 0.717) is 24.2 Å². The topological polar surface area (TPSA) is 37.3 Å². The van der Waals surface area contributed by atoms with Crippen LogP contribution < -0.4 is 0 Å². The molecule has 2 nitrogen and oxygen atoms in total. The van der Waals surface area contributed by atoms with Crippen molar-refractivity contribution in [3.05, 3.63) is 28.8 Å². The quantitative estimate of drug-likeness (QED) is 0.456. The third-order valence-electron chi connectivity index (χ3n) is 3.89. The van der Waals surface area contributed by atoms with Gasteiger partial charge in [-0.25, -0.2) is 9.18 Å². The minimum Gasteiger partial charge on any atom is -0.478 e. The van der Waals surface area contributed by atoms with Crippen LogP contribution in [0.5, 0.6) is 0 Å². The van der Waals surface area contributed by atoms with E-state index < -0.39 is 45.3 Å². The largest absolute Gasteiger partial charge is 0.478 e. The van der Waals surface area contributed by atoms with Crippen molar-refractivity contribution < 1.29 is 40.6 Å². The van der Waals surface area contributed by atoms with Gasteiger partial charge < -0.3 is 5.11 Å². The lowest BCUT2D eigenvalue weighted by molar-refractivity contribution is -0.349. The van der Waals surface area contributed by atoms with Crippen molar-refractivity contribution in [1.82, 2.24) is 0 Å². The number of rotatable bonds is 6. The van der Waals surface area contributed by atoms with Crippen LogP contribution >= 0.6 is 11.8 Å². The molecular weight excluding hydrogens is 389 g/mol. The Kier molecular flexibility index (Phi) is 6.65. The molecule has 0 radical (unpaired) electrons. The fourth-order valence-corrected chi connectivity index (χ4v) is 3.64. The molecule has 1 aromatic rings. The fraction of sp³-hybridized carbons (Fsp3) is 0.562. The Morgan fingerprint density at radius 3 is 1.92 bits per heavy atom. The second-order valence-electron chi connectivity index (χ2n) is 5.62. The van der Waals surface area contributed by atoms with Gasteiger partial charge in [0.05, 0.1) is 5.56 Å².